The lowest BCUT2D eigenvalue weighted by Crippen LogP contribution is -2.32. The number of hydrogen-bond donors (Lipinski definition) is 1. The van der Waals surface area contributed by atoms with Crippen molar-refractivity contribution < 1.29 is 48.1 Å². The van der Waals surface area contributed by atoms with Crippen LogP contribution >= 0.6 is 0 Å². The molecule has 0 saturated carbocycles. The molecule has 0 heterocycles. The number of carbonyl (C=O) groups is 6. The van der Waals surface area contributed by atoms with Gasteiger partial charge in [0.05, 0.1) is 12.8 Å². The predicted molar refractivity (Wildman–Crippen MR) is 234 cm³/mol. The van der Waals surface area contributed by atoms with Crippen molar-refractivity contribution in [2.24, 2.45) is 0 Å². The number of aliphatic carboxylic acids is 1. The number of esters is 3. The zero-order chi connectivity index (χ0) is 43.8. The van der Waals surface area contributed by atoms with E-state index in [2.05, 4.69) is 27.7 Å². The molecule has 2 amide bonds. The Morgan fingerprint density at radius 3 is 1.07 bits per heavy atom. The van der Waals surface area contributed by atoms with Gasteiger partial charge in [-0.3, -0.25) is 28.8 Å². The first-order chi connectivity index (χ1) is 28.6. The minimum Gasteiger partial charge on any atom is -0.481 e. The molecule has 0 bridgehead atoms. The quantitative estimate of drug-likeness (QED) is 0.0356. The first kappa shape index (κ1) is 55.8. The summed E-state index contributed by atoms with van der Waals surface area (Å²) in [6.45, 7) is 11.4. The van der Waals surface area contributed by atoms with Gasteiger partial charge >= 0.3 is 23.9 Å². The van der Waals surface area contributed by atoms with Crippen LogP contribution in [-0.2, 0) is 43.0 Å². The lowest BCUT2D eigenvalue weighted by atomic mass is 10.1. The van der Waals surface area contributed by atoms with Gasteiger partial charge < -0.3 is 29.1 Å². The van der Waals surface area contributed by atoms with Gasteiger partial charge in [0.25, 0.3) is 0 Å². The van der Waals surface area contributed by atoms with E-state index in [1.165, 1.54) is 51.4 Å². The Kier molecular flexibility index (Phi) is 38.1. The molecule has 1 N–H and O–H groups in total. The zero-order valence-electron chi connectivity index (χ0n) is 38.0. The monoisotopic (exact) mass is 839 g/mol. The third-order valence-electron chi connectivity index (χ3n) is 10.6. The Morgan fingerprint density at radius 2 is 0.712 bits per heavy atom. The molecule has 0 spiro atoms. The van der Waals surface area contributed by atoms with E-state index < -0.39 is 30.0 Å². The number of unbranched alkanes of at least 4 members (excludes halogenated alkanes) is 18. The van der Waals surface area contributed by atoms with Crippen LogP contribution in [0.1, 0.15) is 220 Å². The van der Waals surface area contributed by atoms with Crippen LogP contribution in [0.15, 0.2) is 0 Å². The second kappa shape index (κ2) is 40.2. The summed E-state index contributed by atoms with van der Waals surface area (Å²) >= 11 is 0. The number of carbonyl (C=O) groups excluding carboxylic acids is 5. The smallest absolute Gasteiger partial charge is 0.306 e. The number of carboxylic acids is 1. The van der Waals surface area contributed by atoms with E-state index in [-0.39, 0.29) is 50.7 Å². The molecule has 0 radical (unpaired) electrons. The van der Waals surface area contributed by atoms with Crippen LogP contribution in [0, 0.1) is 0 Å². The van der Waals surface area contributed by atoms with Gasteiger partial charge in [0.15, 0.2) is 6.10 Å². The van der Waals surface area contributed by atoms with Crippen LogP contribution in [-0.4, -0.2) is 96.1 Å². The molecule has 0 aliphatic heterocycles. The van der Waals surface area contributed by atoms with Crippen LogP contribution < -0.4 is 0 Å². The molecule has 12 heteroatoms. The average molecular weight is 839 g/mol. The van der Waals surface area contributed by atoms with E-state index in [1.807, 2.05) is 9.80 Å². The standard InChI is InChI=1S/C47H86N2O10/c1-5-9-13-25-35-48(36-26-14-10-6-2)42(50)29-21-17-19-23-31-45(54)57-39-41(40-58-46(55)34-33-44(52)53)59-47(56)32-24-20-18-22-30-43(51)49(37-27-15-11-7-3)38-28-16-12-8-4/h41H,5-40H2,1-4H3,(H,52,53)/t41-/m1/s1. The van der Waals surface area contributed by atoms with Gasteiger partial charge in [0, 0.05) is 51.9 Å². The third-order valence-corrected chi connectivity index (χ3v) is 10.6. The molecule has 0 fully saturated rings. The number of amides is 2. The molecule has 0 aromatic heterocycles. The van der Waals surface area contributed by atoms with E-state index in [0.717, 1.165) is 116 Å². The topological polar surface area (TPSA) is 157 Å². The Labute approximate surface area is 358 Å². The maximum absolute atomic E-state index is 13.0. The first-order valence-corrected chi connectivity index (χ1v) is 23.9. The summed E-state index contributed by atoms with van der Waals surface area (Å²) in [5.74, 6) is -2.41. The van der Waals surface area contributed by atoms with Gasteiger partial charge in [-0.1, -0.05) is 130 Å². The molecule has 59 heavy (non-hydrogen) atoms. The fourth-order valence-electron chi connectivity index (χ4n) is 6.84. The summed E-state index contributed by atoms with van der Waals surface area (Å²) in [6.07, 6.45) is 23.7. The lowest BCUT2D eigenvalue weighted by molar-refractivity contribution is -0.167. The van der Waals surface area contributed by atoms with Gasteiger partial charge in [0.1, 0.15) is 13.2 Å². The molecule has 344 valence electrons. The van der Waals surface area contributed by atoms with Crippen LogP contribution in [0.2, 0.25) is 0 Å². The summed E-state index contributed by atoms with van der Waals surface area (Å²) < 4.78 is 16.1. The van der Waals surface area contributed by atoms with Crippen molar-refractivity contribution in [3.63, 3.8) is 0 Å². The first-order valence-electron chi connectivity index (χ1n) is 23.9. The van der Waals surface area contributed by atoms with Crippen LogP contribution in [0.4, 0.5) is 0 Å². The van der Waals surface area contributed by atoms with E-state index in [4.69, 9.17) is 19.3 Å². The highest BCUT2D eigenvalue weighted by atomic mass is 16.6. The highest BCUT2D eigenvalue weighted by Gasteiger charge is 2.20. The number of nitrogens with zero attached hydrogens (tertiary/aromatic N) is 2. The zero-order valence-corrected chi connectivity index (χ0v) is 38.0. The van der Waals surface area contributed by atoms with Gasteiger partial charge in [0.2, 0.25) is 11.8 Å². The van der Waals surface area contributed by atoms with Crippen molar-refractivity contribution in [3.8, 4) is 0 Å². The fourth-order valence-corrected chi connectivity index (χ4v) is 6.84. The maximum Gasteiger partial charge on any atom is 0.306 e. The SMILES string of the molecule is CCCCCCN(CCCCCC)C(=O)CCCCCCC(=O)OC[C@H](COC(=O)CCC(=O)O)OC(=O)CCCCCCC(=O)N(CCCCCC)CCCCCC. The van der Waals surface area contributed by atoms with Crippen molar-refractivity contribution in [2.75, 3.05) is 39.4 Å². The number of ether oxygens (including phenoxy) is 3. The molecule has 1 atom stereocenters. The number of hydrogen-bond acceptors (Lipinski definition) is 9. The molecular weight excluding hydrogens is 753 g/mol. The molecule has 0 aliphatic rings. The second-order valence-electron chi connectivity index (χ2n) is 16.2. The minimum atomic E-state index is -1.13. The largest absolute Gasteiger partial charge is 0.481 e. The Balaban J connectivity index is 4.72. The third kappa shape index (κ3) is 35.3. The number of carboxylic acid groups (broad SMARTS) is 1. The van der Waals surface area contributed by atoms with Crippen molar-refractivity contribution in [1.29, 1.82) is 0 Å². The highest BCUT2D eigenvalue weighted by Crippen LogP contribution is 2.14. The summed E-state index contributed by atoms with van der Waals surface area (Å²) in [4.78, 5) is 78.2. The van der Waals surface area contributed by atoms with E-state index in [1.54, 1.807) is 0 Å². The molecule has 0 aromatic rings. The molecule has 0 rings (SSSR count). The Morgan fingerprint density at radius 1 is 0.390 bits per heavy atom. The Bertz CT molecular complexity index is 1080. The highest BCUT2D eigenvalue weighted by molar-refractivity contribution is 5.77. The van der Waals surface area contributed by atoms with Gasteiger partial charge in [-0.25, -0.2) is 0 Å². The van der Waals surface area contributed by atoms with Gasteiger partial charge in [-0.2, -0.15) is 0 Å². The van der Waals surface area contributed by atoms with Crippen molar-refractivity contribution in [1.82, 2.24) is 9.80 Å². The molecule has 12 nitrogen and oxygen atoms in total. The van der Waals surface area contributed by atoms with Crippen molar-refractivity contribution in [3.05, 3.63) is 0 Å². The molecule has 0 aromatic carbocycles. The van der Waals surface area contributed by atoms with E-state index >= 15 is 0 Å². The van der Waals surface area contributed by atoms with Crippen molar-refractivity contribution in [2.45, 2.75) is 226 Å². The predicted octanol–water partition coefficient (Wildman–Crippen LogP) is 10.5. The molecule has 0 unspecified atom stereocenters. The second-order valence-corrected chi connectivity index (χ2v) is 16.2. The summed E-state index contributed by atoms with van der Waals surface area (Å²) in [5.41, 5.74) is 0. The maximum atomic E-state index is 13.0. The summed E-state index contributed by atoms with van der Waals surface area (Å²) in [7, 11) is 0. The van der Waals surface area contributed by atoms with E-state index in [9.17, 15) is 28.8 Å². The van der Waals surface area contributed by atoms with Gasteiger partial charge in [-0.15, -0.1) is 0 Å². The number of rotatable bonds is 42. The van der Waals surface area contributed by atoms with Crippen LogP contribution in [0.3, 0.4) is 0 Å². The fraction of sp³-hybridized carbons (Fsp3) is 0.872. The van der Waals surface area contributed by atoms with Crippen molar-refractivity contribution >= 4 is 35.7 Å². The van der Waals surface area contributed by atoms with Crippen LogP contribution in [0.5, 0.6) is 0 Å². The normalized spacial score (nSPS) is 11.5. The van der Waals surface area contributed by atoms with Gasteiger partial charge in [-0.05, 0) is 51.4 Å². The summed E-state index contributed by atoms with van der Waals surface area (Å²) in [5, 5.41) is 8.87. The molecule has 0 saturated heterocycles. The lowest BCUT2D eigenvalue weighted by Gasteiger charge is -2.23. The molecule has 0 aliphatic carbocycles. The average Bonchev–Trinajstić information content (AvgIpc) is 3.22. The Hall–Kier alpha value is -3.18. The van der Waals surface area contributed by atoms with E-state index in [0.29, 0.717) is 25.7 Å². The van der Waals surface area contributed by atoms with Crippen LogP contribution in [0.25, 0.3) is 0 Å². The minimum absolute atomic E-state index is 0.129. The molecular formula is C47H86N2O10. The summed E-state index contributed by atoms with van der Waals surface area (Å²) in [6, 6.07) is 0.